The summed E-state index contributed by atoms with van der Waals surface area (Å²) in [5, 5.41) is 0. The predicted octanol–water partition coefficient (Wildman–Crippen LogP) is 1.36. The van der Waals surface area contributed by atoms with Gasteiger partial charge in [-0.15, -0.1) is 0 Å². The number of nitrogens with zero attached hydrogens (tertiary/aromatic N) is 1. The van der Waals surface area contributed by atoms with Crippen molar-refractivity contribution >= 4 is 6.09 Å². The number of hydrogen-bond acceptors (Lipinski definition) is 2. The lowest BCUT2D eigenvalue weighted by Gasteiger charge is -2.10. The highest BCUT2D eigenvalue weighted by Gasteiger charge is 2.27. The van der Waals surface area contributed by atoms with Crippen LogP contribution in [0.4, 0.5) is 4.79 Å². The van der Waals surface area contributed by atoms with Gasteiger partial charge < -0.3 is 4.74 Å². The van der Waals surface area contributed by atoms with Gasteiger partial charge in [0.25, 0.3) is 0 Å². The highest BCUT2D eigenvalue weighted by molar-refractivity contribution is 5.71. The molecule has 1 aliphatic heterocycles. The molecular weight excluding hydrogens is 130 g/mol. The second kappa shape index (κ2) is 2.33. The second-order valence-electron chi connectivity index (χ2n) is 2.54. The van der Waals surface area contributed by atoms with E-state index in [2.05, 4.69) is 6.58 Å². The molecule has 1 unspecified atom stereocenters. The fourth-order valence-corrected chi connectivity index (χ4v) is 0.916. The fourth-order valence-electron chi connectivity index (χ4n) is 0.916. The van der Waals surface area contributed by atoms with Crippen LogP contribution < -0.4 is 0 Å². The molecule has 0 saturated carbocycles. The molecular formula is C7H11NO2. The predicted molar refractivity (Wildman–Crippen MR) is 37.5 cm³/mol. The van der Waals surface area contributed by atoms with E-state index in [4.69, 9.17) is 4.74 Å². The molecule has 1 saturated heterocycles. The molecule has 3 heteroatoms. The van der Waals surface area contributed by atoms with Crippen molar-refractivity contribution < 1.29 is 9.53 Å². The molecule has 1 aliphatic rings. The summed E-state index contributed by atoms with van der Waals surface area (Å²) >= 11 is 0. The Hall–Kier alpha value is -0.990. The van der Waals surface area contributed by atoms with Gasteiger partial charge in [-0.25, -0.2) is 4.79 Å². The normalized spacial score (nSPS) is 24.8. The summed E-state index contributed by atoms with van der Waals surface area (Å²) in [6.07, 6.45) is -0.274. The summed E-state index contributed by atoms with van der Waals surface area (Å²) in [5.74, 6) is 0. The molecule has 3 nitrogen and oxygen atoms in total. The number of allylic oxidation sites excluding steroid dienone is 1. The molecule has 0 aliphatic carbocycles. The van der Waals surface area contributed by atoms with Crippen molar-refractivity contribution in [2.24, 2.45) is 0 Å². The number of ether oxygens (including phenoxy) is 1. The maximum atomic E-state index is 10.9. The Morgan fingerprint density at radius 1 is 1.90 bits per heavy atom. The van der Waals surface area contributed by atoms with E-state index in [-0.39, 0.29) is 12.2 Å². The molecule has 0 bridgehead atoms. The highest BCUT2D eigenvalue weighted by atomic mass is 16.6. The zero-order chi connectivity index (χ0) is 7.72. The van der Waals surface area contributed by atoms with E-state index in [0.717, 1.165) is 5.70 Å². The Morgan fingerprint density at radius 2 is 2.50 bits per heavy atom. The number of hydrogen-bond donors (Lipinski definition) is 0. The van der Waals surface area contributed by atoms with Gasteiger partial charge in [0.05, 0.1) is 6.54 Å². The van der Waals surface area contributed by atoms with E-state index in [1.165, 1.54) is 4.90 Å². The highest BCUT2D eigenvalue weighted by Crippen LogP contribution is 2.14. The molecule has 10 heavy (non-hydrogen) atoms. The van der Waals surface area contributed by atoms with E-state index in [1.54, 1.807) is 6.92 Å². The van der Waals surface area contributed by atoms with E-state index >= 15 is 0 Å². The summed E-state index contributed by atoms with van der Waals surface area (Å²) in [6.45, 7) is 7.93. The van der Waals surface area contributed by atoms with Crippen LogP contribution in [0.3, 0.4) is 0 Å². The van der Waals surface area contributed by atoms with E-state index in [1.807, 2.05) is 6.92 Å². The molecule has 1 rings (SSSR count). The average molecular weight is 141 g/mol. The van der Waals surface area contributed by atoms with Gasteiger partial charge in [0, 0.05) is 5.70 Å². The van der Waals surface area contributed by atoms with Crippen molar-refractivity contribution in [3.05, 3.63) is 12.3 Å². The third-order valence-corrected chi connectivity index (χ3v) is 1.42. The summed E-state index contributed by atoms with van der Waals surface area (Å²) in [4.78, 5) is 12.4. The molecule has 1 fully saturated rings. The van der Waals surface area contributed by atoms with Crippen molar-refractivity contribution in [3.63, 3.8) is 0 Å². The van der Waals surface area contributed by atoms with Crippen LogP contribution in [0.15, 0.2) is 12.3 Å². The van der Waals surface area contributed by atoms with Gasteiger partial charge in [0.1, 0.15) is 6.10 Å². The molecule has 0 radical (unpaired) electrons. The van der Waals surface area contributed by atoms with Crippen LogP contribution >= 0.6 is 0 Å². The first-order valence-corrected chi connectivity index (χ1v) is 3.25. The van der Waals surface area contributed by atoms with E-state index < -0.39 is 0 Å². The molecule has 0 spiro atoms. The molecule has 0 N–H and O–H groups in total. The second-order valence-corrected chi connectivity index (χ2v) is 2.54. The molecule has 0 aromatic carbocycles. The smallest absolute Gasteiger partial charge is 0.414 e. The number of cyclic esters (lactones) is 1. The van der Waals surface area contributed by atoms with Crippen LogP contribution in [0.1, 0.15) is 13.8 Å². The Morgan fingerprint density at radius 3 is 2.70 bits per heavy atom. The maximum Gasteiger partial charge on any atom is 0.414 e. The van der Waals surface area contributed by atoms with E-state index in [0.29, 0.717) is 6.54 Å². The van der Waals surface area contributed by atoms with Crippen LogP contribution in [0.5, 0.6) is 0 Å². The first kappa shape index (κ1) is 7.12. The third-order valence-electron chi connectivity index (χ3n) is 1.42. The molecule has 1 amide bonds. The lowest BCUT2D eigenvalue weighted by molar-refractivity contribution is 0.141. The number of amides is 1. The zero-order valence-corrected chi connectivity index (χ0v) is 6.26. The molecule has 1 atom stereocenters. The quantitative estimate of drug-likeness (QED) is 0.551. The molecule has 1 heterocycles. The largest absolute Gasteiger partial charge is 0.444 e. The number of carbonyl (C=O) groups excluding carboxylic acids is 1. The van der Waals surface area contributed by atoms with Crippen LogP contribution in [0.25, 0.3) is 0 Å². The fraction of sp³-hybridized carbons (Fsp3) is 0.571. The Bertz CT molecular complexity index is 176. The summed E-state index contributed by atoms with van der Waals surface area (Å²) < 4.78 is 4.86. The van der Waals surface area contributed by atoms with Crippen molar-refractivity contribution in [2.75, 3.05) is 6.54 Å². The van der Waals surface area contributed by atoms with Crippen LogP contribution in [0, 0.1) is 0 Å². The van der Waals surface area contributed by atoms with E-state index in [9.17, 15) is 4.79 Å². The van der Waals surface area contributed by atoms with Gasteiger partial charge in [0.15, 0.2) is 0 Å². The minimum Gasteiger partial charge on any atom is -0.444 e. The summed E-state index contributed by atoms with van der Waals surface area (Å²) in [5.41, 5.74) is 0.745. The third kappa shape index (κ3) is 1.12. The first-order valence-electron chi connectivity index (χ1n) is 3.25. The van der Waals surface area contributed by atoms with Crippen molar-refractivity contribution in [3.8, 4) is 0 Å². The van der Waals surface area contributed by atoms with Crippen LogP contribution in [0.2, 0.25) is 0 Å². The van der Waals surface area contributed by atoms with Gasteiger partial charge in [-0.1, -0.05) is 6.58 Å². The minimum atomic E-state index is -0.278. The van der Waals surface area contributed by atoms with Gasteiger partial charge >= 0.3 is 6.09 Å². The van der Waals surface area contributed by atoms with Gasteiger partial charge in [0.2, 0.25) is 0 Å². The van der Waals surface area contributed by atoms with Crippen LogP contribution in [-0.4, -0.2) is 23.6 Å². The molecule has 0 aromatic rings. The standard InChI is InChI=1S/C7H11NO2/c1-5(2)8-4-6(3)10-7(8)9/h6H,1,4H2,2-3H3. The lowest BCUT2D eigenvalue weighted by Crippen LogP contribution is -2.21. The Balaban J connectivity index is 2.63. The SMILES string of the molecule is C=C(C)N1CC(C)OC1=O. The van der Waals surface area contributed by atoms with Crippen molar-refractivity contribution in [2.45, 2.75) is 20.0 Å². The summed E-state index contributed by atoms with van der Waals surface area (Å²) in [6, 6.07) is 0. The van der Waals surface area contributed by atoms with Crippen molar-refractivity contribution in [1.29, 1.82) is 0 Å². The van der Waals surface area contributed by atoms with Gasteiger partial charge in [-0.2, -0.15) is 0 Å². The number of carbonyl (C=O) groups is 1. The topological polar surface area (TPSA) is 29.5 Å². The van der Waals surface area contributed by atoms with Gasteiger partial charge in [-0.3, -0.25) is 4.90 Å². The maximum absolute atomic E-state index is 10.9. The monoisotopic (exact) mass is 141 g/mol. The van der Waals surface area contributed by atoms with Crippen molar-refractivity contribution in [1.82, 2.24) is 4.90 Å². The number of rotatable bonds is 1. The van der Waals surface area contributed by atoms with Crippen LogP contribution in [-0.2, 0) is 4.74 Å². The molecule has 0 aromatic heterocycles. The lowest BCUT2D eigenvalue weighted by atomic mass is 10.4. The first-order chi connectivity index (χ1) is 4.61. The summed E-state index contributed by atoms with van der Waals surface area (Å²) in [7, 11) is 0. The minimum absolute atomic E-state index is 0.00389. The Kier molecular flexibility index (Phi) is 1.66. The Labute approximate surface area is 60.3 Å². The molecule has 56 valence electrons. The average Bonchev–Trinajstić information content (AvgIpc) is 2.10. The zero-order valence-electron chi connectivity index (χ0n) is 6.26. The van der Waals surface area contributed by atoms with Gasteiger partial charge in [-0.05, 0) is 13.8 Å².